The second-order valence-electron chi connectivity index (χ2n) is 5.09. The van der Waals surface area contributed by atoms with Gasteiger partial charge in [-0.25, -0.2) is 0 Å². The Morgan fingerprint density at radius 1 is 1.22 bits per heavy atom. The molecule has 2 bridgehead atoms. The van der Waals surface area contributed by atoms with Gasteiger partial charge in [-0.15, -0.1) is 0 Å². The molecule has 0 N–H and O–H groups in total. The van der Waals surface area contributed by atoms with Crippen LogP contribution in [0.25, 0.3) is 0 Å². The molecule has 0 saturated carbocycles. The molecule has 0 radical (unpaired) electrons. The van der Waals surface area contributed by atoms with E-state index in [9.17, 15) is 18.0 Å². The summed E-state index contributed by atoms with van der Waals surface area (Å²) in [5.74, 6) is 0.289. The van der Waals surface area contributed by atoms with Gasteiger partial charge in [0.25, 0.3) is 0 Å². The van der Waals surface area contributed by atoms with E-state index in [1.165, 1.54) is 0 Å². The Labute approximate surface area is 104 Å². The summed E-state index contributed by atoms with van der Waals surface area (Å²) < 4.78 is 40.4. The highest BCUT2D eigenvalue weighted by Crippen LogP contribution is 2.31. The van der Waals surface area contributed by atoms with E-state index in [0.29, 0.717) is 19.4 Å². The summed E-state index contributed by atoms with van der Waals surface area (Å²) in [4.78, 5) is 13.6. The maximum Gasteiger partial charge on any atom is 0.411 e. The molecule has 2 heterocycles. The summed E-state index contributed by atoms with van der Waals surface area (Å²) in [6.45, 7) is -0.603. The number of fused-ring (bicyclic) bond motifs is 2. The highest BCUT2D eigenvalue weighted by atomic mass is 19.4. The lowest BCUT2D eigenvalue weighted by atomic mass is 9.84. The Bertz CT molecular complexity index is 290. The standard InChI is InChI=1S/C12H18F3NO2/c13-12(14,15)8-18-5-4-16-9-2-1-3-10(16)7-11(17)6-9/h9-10H,1-8H2. The number of ether oxygens (including phenoxy) is 1. The van der Waals surface area contributed by atoms with Crippen molar-refractivity contribution < 1.29 is 22.7 Å². The van der Waals surface area contributed by atoms with Crippen molar-refractivity contribution >= 4 is 5.78 Å². The van der Waals surface area contributed by atoms with Crippen molar-refractivity contribution in [2.75, 3.05) is 19.8 Å². The molecule has 0 aromatic carbocycles. The van der Waals surface area contributed by atoms with E-state index in [1.54, 1.807) is 0 Å². The molecular weight excluding hydrogens is 247 g/mol. The Kier molecular flexibility index (Phi) is 4.27. The SMILES string of the molecule is O=C1CC2CCCC(C1)N2CCOCC(F)(F)F. The van der Waals surface area contributed by atoms with Gasteiger partial charge in [0, 0.05) is 31.5 Å². The fourth-order valence-corrected chi connectivity index (χ4v) is 2.99. The van der Waals surface area contributed by atoms with Crippen LogP contribution < -0.4 is 0 Å². The second kappa shape index (κ2) is 5.57. The lowest BCUT2D eigenvalue weighted by Crippen LogP contribution is -2.53. The zero-order valence-corrected chi connectivity index (χ0v) is 10.2. The van der Waals surface area contributed by atoms with Crippen LogP contribution in [0.4, 0.5) is 13.2 Å². The minimum atomic E-state index is -4.26. The number of alkyl halides is 3. The first-order valence-corrected chi connectivity index (χ1v) is 6.37. The zero-order chi connectivity index (χ0) is 13.2. The number of piperidine rings is 2. The predicted molar refractivity (Wildman–Crippen MR) is 59.2 cm³/mol. The van der Waals surface area contributed by atoms with E-state index in [2.05, 4.69) is 9.64 Å². The number of carbonyl (C=O) groups is 1. The Hall–Kier alpha value is -0.620. The first-order chi connectivity index (χ1) is 8.46. The normalized spacial score (nSPS) is 29.6. The molecule has 0 spiro atoms. The molecule has 2 aliphatic rings. The molecule has 0 amide bonds. The molecule has 0 aliphatic carbocycles. The van der Waals surface area contributed by atoms with Crippen LogP contribution in [0.3, 0.4) is 0 Å². The van der Waals surface area contributed by atoms with E-state index in [0.717, 1.165) is 19.3 Å². The average molecular weight is 265 g/mol. The summed E-state index contributed by atoms with van der Waals surface area (Å²) in [5, 5.41) is 0. The van der Waals surface area contributed by atoms with E-state index in [1.807, 2.05) is 0 Å². The molecule has 2 rings (SSSR count). The van der Waals surface area contributed by atoms with Crippen LogP contribution in [0.1, 0.15) is 32.1 Å². The highest BCUT2D eigenvalue weighted by Gasteiger charge is 2.37. The number of ketones is 1. The highest BCUT2D eigenvalue weighted by molar-refractivity contribution is 5.80. The maximum absolute atomic E-state index is 11.9. The third kappa shape index (κ3) is 3.68. The summed E-state index contributed by atoms with van der Waals surface area (Å²) in [6, 6.07) is 0.443. The van der Waals surface area contributed by atoms with Crippen molar-refractivity contribution in [3.05, 3.63) is 0 Å². The van der Waals surface area contributed by atoms with Crippen LogP contribution in [0.5, 0.6) is 0 Å². The van der Waals surface area contributed by atoms with Crippen LogP contribution >= 0.6 is 0 Å². The number of carbonyl (C=O) groups excluding carboxylic acids is 1. The minimum absolute atomic E-state index is 0.0840. The monoisotopic (exact) mass is 265 g/mol. The van der Waals surface area contributed by atoms with Crippen molar-refractivity contribution in [3.8, 4) is 0 Å². The summed E-state index contributed by atoms with van der Waals surface area (Å²) >= 11 is 0. The molecule has 104 valence electrons. The van der Waals surface area contributed by atoms with Crippen LogP contribution in [-0.4, -0.2) is 48.7 Å². The first kappa shape index (κ1) is 13.8. The Balaban J connectivity index is 1.77. The maximum atomic E-state index is 11.9. The summed E-state index contributed by atoms with van der Waals surface area (Å²) in [6.07, 6.45) is -0.0924. The summed E-state index contributed by atoms with van der Waals surface area (Å²) in [7, 11) is 0. The molecule has 18 heavy (non-hydrogen) atoms. The van der Waals surface area contributed by atoms with Gasteiger partial charge in [-0.05, 0) is 12.8 Å². The van der Waals surface area contributed by atoms with Crippen LogP contribution in [-0.2, 0) is 9.53 Å². The van der Waals surface area contributed by atoms with Crippen LogP contribution in [0.15, 0.2) is 0 Å². The third-order valence-electron chi connectivity index (χ3n) is 3.70. The van der Waals surface area contributed by atoms with E-state index < -0.39 is 12.8 Å². The largest absolute Gasteiger partial charge is 0.411 e. The van der Waals surface area contributed by atoms with Gasteiger partial charge in [0.15, 0.2) is 0 Å². The van der Waals surface area contributed by atoms with Gasteiger partial charge < -0.3 is 4.74 Å². The molecule has 6 heteroatoms. The number of hydrogen-bond donors (Lipinski definition) is 0. The number of halogens is 3. The average Bonchev–Trinajstić information content (AvgIpc) is 2.23. The van der Waals surface area contributed by atoms with Crippen molar-refractivity contribution in [3.63, 3.8) is 0 Å². The molecule has 0 aromatic rings. The number of hydrogen-bond acceptors (Lipinski definition) is 3. The Morgan fingerprint density at radius 2 is 1.83 bits per heavy atom. The van der Waals surface area contributed by atoms with Gasteiger partial charge in [-0.3, -0.25) is 9.69 Å². The molecule has 3 nitrogen and oxygen atoms in total. The van der Waals surface area contributed by atoms with Gasteiger partial charge in [-0.2, -0.15) is 13.2 Å². The van der Waals surface area contributed by atoms with E-state index in [-0.39, 0.29) is 24.5 Å². The quantitative estimate of drug-likeness (QED) is 0.729. The number of Topliss-reactive ketones (excluding diaryl/α,β-unsaturated/α-hetero) is 1. The minimum Gasteiger partial charge on any atom is -0.371 e. The summed E-state index contributed by atoms with van der Waals surface area (Å²) in [5.41, 5.74) is 0. The lowest BCUT2D eigenvalue weighted by Gasteiger charge is -2.45. The first-order valence-electron chi connectivity index (χ1n) is 6.37. The molecule has 2 unspecified atom stereocenters. The topological polar surface area (TPSA) is 29.5 Å². The van der Waals surface area contributed by atoms with Crippen molar-refractivity contribution in [1.82, 2.24) is 4.90 Å². The molecule has 2 atom stereocenters. The number of rotatable bonds is 4. The fourth-order valence-electron chi connectivity index (χ4n) is 2.99. The van der Waals surface area contributed by atoms with Gasteiger partial charge >= 0.3 is 6.18 Å². The van der Waals surface area contributed by atoms with Gasteiger partial charge in [0.05, 0.1) is 6.61 Å². The van der Waals surface area contributed by atoms with Gasteiger partial charge in [0.1, 0.15) is 12.4 Å². The molecule has 2 saturated heterocycles. The van der Waals surface area contributed by atoms with Crippen molar-refractivity contribution in [2.45, 2.75) is 50.4 Å². The number of nitrogens with zero attached hydrogens (tertiary/aromatic N) is 1. The molecule has 2 fully saturated rings. The lowest BCUT2D eigenvalue weighted by molar-refractivity contribution is -0.175. The molecule has 2 aliphatic heterocycles. The fraction of sp³-hybridized carbons (Fsp3) is 0.917. The van der Waals surface area contributed by atoms with Crippen molar-refractivity contribution in [2.24, 2.45) is 0 Å². The van der Waals surface area contributed by atoms with Crippen molar-refractivity contribution in [1.29, 1.82) is 0 Å². The van der Waals surface area contributed by atoms with Crippen LogP contribution in [0.2, 0.25) is 0 Å². The van der Waals surface area contributed by atoms with E-state index in [4.69, 9.17) is 0 Å². The Morgan fingerprint density at radius 3 is 2.39 bits per heavy atom. The van der Waals surface area contributed by atoms with Gasteiger partial charge in [-0.1, -0.05) is 6.42 Å². The zero-order valence-electron chi connectivity index (χ0n) is 10.2. The van der Waals surface area contributed by atoms with Gasteiger partial charge in [0.2, 0.25) is 0 Å². The molecular formula is C12H18F3NO2. The predicted octanol–water partition coefficient (Wildman–Crippen LogP) is 2.15. The second-order valence-corrected chi connectivity index (χ2v) is 5.09. The third-order valence-corrected chi connectivity index (χ3v) is 3.70. The van der Waals surface area contributed by atoms with E-state index >= 15 is 0 Å². The van der Waals surface area contributed by atoms with Crippen LogP contribution in [0, 0.1) is 0 Å². The molecule has 0 aromatic heterocycles. The smallest absolute Gasteiger partial charge is 0.371 e.